The first-order valence-corrected chi connectivity index (χ1v) is 5.98. The first-order chi connectivity index (χ1) is 10.1. The highest BCUT2D eigenvalue weighted by molar-refractivity contribution is 5.84. The summed E-state index contributed by atoms with van der Waals surface area (Å²) in [6.45, 7) is 0.0716. The van der Waals surface area contributed by atoms with Crippen LogP contribution in [0.25, 0.3) is 0 Å². The molecule has 0 heterocycles. The maximum Gasteiger partial charge on any atom is 0.411 e. The number of ether oxygens (including phenoxy) is 1. The second-order valence-electron chi connectivity index (χ2n) is 4.11. The Morgan fingerprint density at radius 1 is 1.24 bits per heavy atom. The van der Waals surface area contributed by atoms with E-state index in [4.69, 9.17) is 4.74 Å². The molecule has 21 heavy (non-hydrogen) atoms. The van der Waals surface area contributed by atoms with Gasteiger partial charge in [0, 0.05) is 17.8 Å². The van der Waals surface area contributed by atoms with Gasteiger partial charge in [-0.3, -0.25) is 15.4 Å². The molecule has 7 heteroatoms. The van der Waals surface area contributed by atoms with Crippen LogP contribution in [0.2, 0.25) is 0 Å². The first kappa shape index (κ1) is 14.4. The lowest BCUT2D eigenvalue weighted by Crippen LogP contribution is -2.13. The van der Waals surface area contributed by atoms with Gasteiger partial charge in [0.1, 0.15) is 6.61 Å². The molecule has 6 nitrogen and oxygen atoms in total. The fourth-order valence-electron chi connectivity index (χ4n) is 1.61. The molecular weight excluding hydrogens is 279 g/mol. The minimum Gasteiger partial charge on any atom is -0.444 e. The van der Waals surface area contributed by atoms with E-state index in [1.807, 2.05) is 18.2 Å². The number of rotatable bonds is 4. The topological polar surface area (TPSA) is 81.5 Å². The Balaban J connectivity index is 1.94. The average Bonchev–Trinajstić information content (AvgIpc) is 2.46. The average molecular weight is 290 g/mol. The number of carbonyl (C=O) groups is 1. The van der Waals surface area contributed by atoms with E-state index in [2.05, 4.69) is 5.32 Å². The van der Waals surface area contributed by atoms with E-state index >= 15 is 0 Å². The van der Waals surface area contributed by atoms with E-state index in [9.17, 15) is 19.3 Å². The van der Waals surface area contributed by atoms with Crippen molar-refractivity contribution in [1.82, 2.24) is 0 Å². The third kappa shape index (κ3) is 4.00. The number of hydrogen-bond donors (Lipinski definition) is 1. The van der Waals surface area contributed by atoms with Gasteiger partial charge >= 0.3 is 11.8 Å². The van der Waals surface area contributed by atoms with E-state index < -0.39 is 22.5 Å². The van der Waals surface area contributed by atoms with Crippen LogP contribution in [0.3, 0.4) is 0 Å². The Kier molecular flexibility index (Phi) is 4.45. The van der Waals surface area contributed by atoms with Crippen LogP contribution >= 0.6 is 0 Å². The number of hydrogen-bond acceptors (Lipinski definition) is 4. The lowest BCUT2D eigenvalue weighted by Gasteiger charge is -2.07. The van der Waals surface area contributed by atoms with Crippen LogP contribution in [0.1, 0.15) is 5.56 Å². The van der Waals surface area contributed by atoms with Crippen LogP contribution in [-0.4, -0.2) is 11.0 Å². The molecule has 0 saturated carbocycles. The summed E-state index contributed by atoms with van der Waals surface area (Å²) in [6.07, 6.45) is -0.771. The fourth-order valence-corrected chi connectivity index (χ4v) is 1.61. The van der Waals surface area contributed by atoms with Crippen molar-refractivity contribution >= 4 is 17.5 Å². The van der Waals surface area contributed by atoms with Crippen LogP contribution in [0, 0.1) is 15.9 Å². The summed E-state index contributed by atoms with van der Waals surface area (Å²) in [5.74, 6) is -1.03. The van der Waals surface area contributed by atoms with E-state index in [0.29, 0.717) is 0 Å². The lowest BCUT2D eigenvalue weighted by molar-refractivity contribution is -0.387. The number of amides is 1. The summed E-state index contributed by atoms with van der Waals surface area (Å²) in [5.41, 5.74) is 0.233. The van der Waals surface area contributed by atoms with Gasteiger partial charge in [-0.1, -0.05) is 30.3 Å². The second-order valence-corrected chi connectivity index (χ2v) is 4.11. The van der Waals surface area contributed by atoms with Crippen LogP contribution in [0.4, 0.5) is 20.6 Å². The summed E-state index contributed by atoms with van der Waals surface area (Å²) in [6, 6.07) is 12.1. The molecule has 0 aliphatic heterocycles. The highest BCUT2D eigenvalue weighted by atomic mass is 19.1. The Morgan fingerprint density at radius 3 is 2.57 bits per heavy atom. The van der Waals surface area contributed by atoms with E-state index in [1.54, 1.807) is 12.1 Å². The molecule has 1 amide bonds. The molecule has 0 aliphatic carbocycles. The van der Waals surface area contributed by atoms with Crippen molar-refractivity contribution in [2.45, 2.75) is 6.61 Å². The molecule has 0 fully saturated rings. The molecule has 0 atom stereocenters. The van der Waals surface area contributed by atoms with Crippen molar-refractivity contribution < 1.29 is 18.8 Å². The summed E-state index contributed by atoms with van der Waals surface area (Å²) in [4.78, 5) is 21.2. The van der Waals surface area contributed by atoms with Gasteiger partial charge < -0.3 is 4.74 Å². The third-order valence-corrected chi connectivity index (χ3v) is 2.60. The molecule has 0 aliphatic rings. The molecule has 2 aromatic rings. The number of halogens is 1. The summed E-state index contributed by atoms with van der Waals surface area (Å²) >= 11 is 0. The monoisotopic (exact) mass is 290 g/mol. The highest BCUT2D eigenvalue weighted by Gasteiger charge is 2.14. The molecular formula is C14H11FN2O4. The predicted molar refractivity (Wildman–Crippen MR) is 73.3 cm³/mol. The molecule has 0 unspecified atom stereocenters. The van der Waals surface area contributed by atoms with Crippen molar-refractivity contribution in [2.75, 3.05) is 5.32 Å². The predicted octanol–water partition coefficient (Wildman–Crippen LogP) is 3.48. The molecule has 0 bridgehead atoms. The Labute approximate surface area is 119 Å². The normalized spacial score (nSPS) is 9.95. The zero-order valence-corrected chi connectivity index (χ0v) is 10.8. The quantitative estimate of drug-likeness (QED) is 0.690. The first-order valence-electron chi connectivity index (χ1n) is 5.98. The fraction of sp³-hybridized carbons (Fsp3) is 0.0714. The van der Waals surface area contributed by atoms with Gasteiger partial charge in [0.05, 0.1) is 4.92 Å². The van der Waals surface area contributed by atoms with Crippen LogP contribution in [-0.2, 0) is 11.3 Å². The Bertz CT molecular complexity index is 661. The number of nitrogens with one attached hydrogen (secondary N) is 1. The number of nitro benzene ring substituents is 1. The largest absolute Gasteiger partial charge is 0.444 e. The molecule has 2 rings (SSSR count). The van der Waals surface area contributed by atoms with Gasteiger partial charge in [0.15, 0.2) is 0 Å². The molecule has 1 N–H and O–H groups in total. The molecule has 0 spiro atoms. The van der Waals surface area contributed by atoms with E-state index in [0.717, 1.165) is 17.7 Å². The summed E-state index contributed by atoms with van der Waals surface area (Å²) in [5, 5.41) is 12.8. The maximum atomic E-state index is 13.4. The second kappa shape index (κ2) is 6.47. The number of benzene rings is 2. The maximum absolute atomic E-state index is 13.4. The molecule has 2 aromatic carbocycles. The number of carbonyl (C=O) groups excluding carboxylic acids is 1. The number of anilines is 1. The smallest absolute Gasteiger partial charge is 0.411 e. The minimum absolute atomic E-state index is 0.0716. The number of nitro groups is 1. The zero-order valence-electron chi connectivity index (χ0n) is 10.8. The van der Waals surface area contributed by atoms with Gasteiger partial charge in [-0.15, -0.1) is 0 Å². The zero-order chi connectivity index (χ0) is 15.2. The van der Waals surface area contributed by atoms with Crippen LogP contribution < -0.4 is 5.32 Å². The molecule has 0 saturated heterocycles. The highest BCUT2D eigenvalue weighted by Crippen LogP contribution is 2.20. The van der Waals surface area contributed by atoms with Crippen LogP contribution in [0.5, 0.6) is 0 Å². The number of nitrogens with zero attached hydrogens (tertiary/aromatic N) is 1. The summed E-state index contributed by atoms with van der Waals surface area (Å²) in [7, 11) is 0. The Morgan fingerprint density at radius 2 is 1.95 bits per heavy atom. The van der Waals surface area contributed by atoms with Crippen molar-refractivity contribution in [1.29, 1.82) is 0 Å². The minimum atomic E-state index is -1.03. The van der Waals surface area contributed by atoms with Gasteiger partial charge in [-0.2, -0.15) is 4.39 Å². The standard InChI is InChI=1S/C14H11FN2O4/c15-12-8-11(6-7-13(12)17(19)20)16-14(18)21-9-10-4-2-1-3-5-10/h1-8H,9H2,(H,16,18). The SMILES string of the molecule is O=C(Nc1ccc([N+](=O)[O-])c(F)c1)OCc1ccccc1. The molecule has 0 radical (unpaired) electrons. The van der Waals surface area contributed by atoms with Gasteiger partial charge in [-0.25, -0.2) is 4.79 Å². The lowest BCUT2D eigenvalue weighted by atomic mass is 10.2. The summed E-state index contributed by atoms with van der Waals surface area (Å²) < 4.78 is 18.3. The molecule has 0 aromatic heterocycles. The van der Waals surface area contributed by atoms with E-state index in [1.165, 1.54) is 6.07 Å². The van der Waals surface area contributed by atoms with Crippen molar-refractivity contribution in [3.8, 4) is 0 Å². The van der Waals surface area contributed by atoms with Crippen molar-refractivity contribution in [3.63, 3.8) is 0 Å². The van der Waals surface area contributed by atoms with E-state index in [-0.39, 0.29) is 12.3 Å². The Hall–Kier alpha value is -2.96. The van der Waals surface area contributed by atoms with Gasteiger partial charge in [-0.05, 0) is 11.6 Å². The van der Waals surface area contributed by atoms with Crippen molar-refractivity contribution in [2.24, 2.45) is 0 Å². The van der Waals surface area contributed by atoms with Gasteiger partial charge in [0.2, 0.25) is 5.82 Å². The van der Waals surface area contributed by atoms with Gasteiger partial charge in [0.25, 0.3) is 0 Å². The van der Waals surface area contributed by atoms with Crippen molar-refractivity contribution in [3.05, 3.63) is 70.0 Å². The molecule has 108 valence electrons. The third-order valence-electron chi connectivity index (χ3n) is 2.60. The van der Waals surface area contributed by atoms with Crippen LogP contribution in [0.15, 0.2) is 48.5 Å².